The molecule has 0 unspecified atom stereocenters. The lowest BCUT2D eigenvalue weighted by Crippen LogP contribution is -2.44. The van der Waals surface area contributed by atoms with Gasteiger partial charge in [-0.1, -0.05) is 11.6 Å². The Morgan fingerprint density at radius 2 is 2.25 bits per heavy atom. The minimum Gasteiger partial charge on any atom is -0.480 e. The van der Waals surface area contributed by atoms with Crippen LogP contribution < -0.4 is 5.32 Å². The highest BCUT2D eigenvalue weighted by Gasteiger charge is 2.31. The molecule has 4 heteroatoms. The van der Waals surface area contributed by atoms with Crippen molar-refractivity contribution in [3.8, 4) is 0 Å². The lowest BCUT2D eigenvalue weighted by Gasteiger charge is -2.22. The molecule has 0 aliphatic carbocycles. The fourth-order valence-electron chi connectivity index (χ4n) is 1.35. The Bertz CT molecular complexity index is 257. The van der Waals surface area contributed by atoms with E-state index in [2.05, 4.69) is 5.32 Å². The molecule has 0 aromatic heterocycles. The summed E-state index contributed by atoms with van der Waals surface area (Å²) in [6, 6.07) is -0.0619. The van der Waals surface area contributed by atoms with E-state index in [1.165, 1.54) is 0 Å². The van der Waals surface area contributed by atoms with Crippen LogP contribution in [0.25, 0.3) is 0 Å². The van der Waals surface area contributed by atoms with Gasteiger partial charge in [0.2, 0.25) is 5.91 Å². The van der Waals surface area contributed by atoms with Gasteiger partial charge in [-0.2, -0.15) is 0 Å². The summed E-state index contributed by atoms with van der Waals surface area (Å²) in [6.45, 7) is 3.47. The minimum absolute atomic E-state index is 0.0619. The highest BCUT2D eigenvalue weighted by molar-refractivity contribution is 6.00. The lowest BCUT2D eigenvalue weighted by atomic mass is 9.94. The van der Waals surface area contributed by atoms with Gasteiger partial charge in [0.15, 0.2) is 5.92 Å². The van der Waals surface area contributed by atoms with Crippen LogP contribution in [0, 0.1) is 5.92 Å². The summed E-state index contributed by atoms with van der Waals surface area (Å²) in [5.41, 5.74) is 0.610. The van der Waals surface area contributed by atoms with E-state index in [0.717, 1.165) is 0 Å². The first-order valence-corrected chi connectivity index (χ1v) is 3.74. The van der Waals surface area contributed by atoms with Crippen molar-refractivity contribution >= 4 is 11.9 Å². The molecule has 2 N–H and O–H groups in total. The van der Waals surface area contributed by atoms with Crippen LogP contribution in [-0.2, 0) is 9.59 Å². The molecular weight excluding hydrogens is 158 g/mol. The molecule has 0 saturated carbocycles. The van der Waals surface area contributed by atoms with Crippen molar-refractivity contribution in [2.45, 2.75) is 19.9 Å². The van der Waals surface area contributed by atoms with Crippen LogP contribution in [-0.4, -0.2) is 23.0 Å². The van der Waals surface area contributed by atoms with Gasteiger partial charge >= 0.3 is 5.97 Å². The average molecular weight is 169 g/mol. The Balaban J connectivity index is 2.94. The van der Waals surface area contributed by atoms with E-state index < -0.39 is 17.8 Å². The summed E-state index contributed by atoms with van der Waals surface area (Å²) < 4.78 is 0. The zero-order valence-electron chi connectivity index (χ0n) is 7.00. The number of hydrogen-bond acceptors (Lipinski definition) is 2. The first kappa shape index (κ1) is 8.77. The summed E-state index contributed by atoms with van der Waals surface area (Å²) in [5, 5.41) is 11.2. The molecule has 1 aliphatic rings. The fourth-order valence-corrected chi connectivity index (χ4v) is 1.35. The Hall–Kier alpha value is -1.32. The Labute approximate surface area is 70.3 Å². The number of rotatable bonds is 1. The second kappa shape index (κ2) is 2.97. The molecule has 66 valence electrons. The van der Waals surface area contributed by atoms with Crippen molar-refractivity contribution in [2.75, 3.05) is 0 Å². The maximum absolute atomic E-state index is 11.1. The van der Waals surface area contributed by atoms with Crippen LogP contribution >= 0.6 is 0 Å². The number of amides is 1. The average Bonchev–Trinajstić information content (AvgIpc) is 1.82. The zero-order chi connectivity index (χ0) is 9.30. The maximum Gasteiger partial charge on any atom is 0.320 e. The normalized spacial score (nSPS) is 29.2. The molecular formula is C8H11NO3. The number of nitrogens with one attached hydrogen (secondary N) is 1. The van der Waals surface area contributed by atoms with Crippen molar-refractivity contribution in [3.05, 3.63) is 11.6 Å². The molecule has 1 amide bonds. The molecule has 12 heavy (non-hydrogen) atoms. The van der Waals surface area contributed by atoms with E-state index >= 15 is 0 Å². The summed E-state index contributed by atoms with van der Waals surface area (Å²) >= 11 is 0. The molecule has 0 saturated heterocycles. The SMILES string of the molecule is CC1=C[C@@H](C)NC(=O)[C@H]1C(=O)O. The third-order valence-corrected chi connectivity index (χ3v) is 1.85. The predicted molar refractivity (Wildman–Crippen MR) is 42.5 cm³/mol. The Morgan fingerprint density at radius 3 is 2.67 bits per heavy atom. The second-order valence-corrected chi connectivity index (χ2v) is 2.98. The standard InChI is InChI=1S/C8H11NO3/c1-4-3-5(2)9-7(10)6(4)8(11)12/h3,5-6H,1-2H3,(H,9,10)(H,11,12)/t5-,6+/m1/s1. The number of carboxylic acids is 1. The molecule has 1 heterocycles. The molecule has 0 aromatic rings. The number of carbonyl (C=O) groups excluding carboxylic acids is 1. The summed E-state index contributed by atoms with van der Waals surface area (Å²) in [7, 11) is 0. The van der Waals surface area contributed by atoms with Crippen LogP contribution in [0.15, 0.2) is 11.6 Å². The molecule has 0 spiro atoms. The van der Waals surface area contributed by atoms with Crippen LogP contribution in [0.2, 0.25) is 0 Å². The Kier molecular flexibility index (Phi) is 2.17. The first-order chi connectivity index (χ1) is 5.52. The monoisotopic (exact) mass is 169 g/mol. The number of aliphatic carboxylic acids is 1. The second-order valence-electron chi connectivity index (χ2n) is 2.98. The van der Waals surface area contributed by atoms with Gasteiger partial charge < -0.3 is 10.4 Å². The minimum atomic E-state index is -1.09. The van der Waals surface area contributed by atoms with E-state index in [0.29, 0.717) is 5.57 Å². The number of hydrogen-bond donors (Lipinski definition) is 2. The van der Waals surface area contributed by atoms with Crippen LogP contribution in [0.3, 0.4) is 0 Å². The van der Waals surface area contributed by atoms with Crippen molar-refractivity contribution in [1.29, 1.82) is 0 Å². The zero-order valence-corrected chi connectivity index (χ0v) is 7.00. The first-order valence-electron chi connectivity index (χ1n) is 3.74. The maximum atomic E-state index is 11.1. The van der Waals surface area contributed by atoms with Gasteiger partial charge in [-0.25, -0.2) is 0 Å². The third-order valence-electron chi connectivity index (χ3n) is 1.85. The van der Waals surface area contributed by atoms with E-state index in [1.807, 2.05) is 0 Å². The summed E-state index contributed by atoms with van der Waals surface area (Å²) in [5.74, 6) is -2.51. The predicted octanol–water partition coefficient (Wildman–Crippen LogP) is 0.152. The van der Waals surface area contributed by atoms with E-state index in [4.69, 9.17) is 5.11 Å². The van der Waals surface area contributed by atoms with Gasteiger partial charge in [-0.05, 0) is 13.8 Å². The van der Waals surface area contributed by atoms with Gasteiger partial charge in [0.25, 0.3) is 0 Å². The van der Waals surface area contributed by atoms with Gasteiger partial charge in [-0.15, -0.1) is 0 Å². The molecule has 0 radical (unpaired) electrons. The van der Waals surface area contributed by atoms with E-state index in [1.54, 1.807) is 19.9 Å². The van der Waals surface area contributed by atoms with Crippen molar-refractivity contribution < 1.29 is 14.7 Å². The van der Waals surface area contributed by atoms with Crippen molar-refractivity contribution in [3.63, 3.8) is 0 Å². The smallest absolute Gasteiger partial charge is 0.320 e. The van der Waals surface area contributed by atoms with Gasteiger partial charge in [0, 0.05) is 6.04 Å². The van der Waals surface area contributed by atoms with E-state index in [9.17, 15) is 9.59 Å². The molecule has 1 aliphatic heterocycles. The van der Waals surface area contributed by atoms with Crippen LogP contribution in [0.1, 0.15) is 13.8 Å². The van der Waals surface area contributed by atoms with Crippen LogP contribution in [0.4, 0.5) is 0 Å². The number of carbonyl (C=O) groups is 2. The summed E-state index contributed by atoms with van der Waals surface area (Å²) in [6.07, 6.45) is 1.75. The Morgan fingerprint density at radius 1 is 1.67 bits per heavy atom. The van der Waals surface area contributed by atoms with Gasteiger partial charge in [0.1, 0.15) is 0 Å². The molecule has 0 bridgehead atoms. The van der Waals surface area contributed by atoms with Crippen molar-refractivity contribution in [1.82, 2.24) is 5.32 Å². The molecule has 0 fully saturated rings. The number of carboxylic acid groups (broad SMARTS) is 1. The molecule has 2 atom stereocenters. The quantitative estimate of drug-likeness (QED) is 0.434. The third kappa shape index (κ3) is 1.47. The topological polar surface area (TPSA) is 66.4 Å². The molecule has 1 rings (SSSR count). The lowest BCUT2D eigenvalue weighted by molar-refractivity contribution is -0.145. The van der Waals surface area contributed by atoms with Crippen molar-refractivity contribution in [2.24, 2.45) is 5.92 Å². The molecule has 4 nitrogen and oxygen atoms in total. The largest absolute Gasteiger partial charge is 0.480 e. The molecule has 0 aromatic carbocycles. The summed E-state index contributed by atoms with van der Waals surface area (Å²) in [4.78, 5) is 21.7. The van der Waals surface area contributed by atoms with Gasteiger partial charge in [-0.3, -0.25) is 9.59 Å². The van der Waals surface area contributed by atoms with Crippen LogP contribution in [0.5, 0.6) is 0 Å². The fraction of sp³-hybridized carbons (Fsp3) is 0.500. The van der Waals surface area contributed by atoms with Gasteiger partial charge in [0.05, 0.1) is 0 Å². The highest BCUT2D eigenvalue weighted by atomic mass is 16.4. The highest BCUT2D eigenvalue weighted by Crippen LogP contribution is 2.16. The van der Waals surface area contributed by atoms with E-state index in [-0.39, 0.29) is 6.04 Å².